The quantitative estimate of drug-likeness (QED) is 0.297. The van der Waals surface area contributed by atoms with Crippen LogP contribution in [0.1, 0.15) is 11.4 Å². The van der Waals surface area contributed by atoms with Gasteiger partial charge in [0.05, 0.1) is 0 Å². The Morgan fingerprint density at radius 1 is 0.720 bits per heavy atom. The molecular weight excluding hydrogens is 527 g/mol. The third kappa shape index (κ3) is 5.71. The largest absolute Gasteiger partial charge is 2.00 e. The summed E-state index contributed by atoms with van der Waals surface area (Å²) in [5.41, 5.74) is 4.14. The number of rotatable bonds is 2. The summed E-state index contributed by atoms with van der Waals surface area (Å²) in [6.07, 6.45) is 0. The maximum atomic E-state index is 4.39. The number of hydrogen-bond donors (Lipinski definition) is 0. The molecule has 4 rings (SSSR count). The molecule has 0 radical (unpaired) electrons. The molecule has 4 heterocycles. The third-order valence-electron chi connectivity index (χ3n) is 3.18. The van der Waals surface area contributed by atoms with E-state index in [1.54, 1.807) is 22.7 Å². The van der Waals surface area contributed by atoms with Crippen LogP contribution in [0.2, 0.25) is 0 Å². The van der Waals surface area contributed by atoms with Crippen LogP contribution in [-0.2, 0) is 21.1 Å². The van der Waals surface area contributed by atoms with E-state index in [4.69, 9.17) is 0 Å². The molecule has 2 nitrogen and oxygen atoms in total. The van der Waals surface area contributed by atoms with Crippen LogP contribution < -0.4 is 0 Å². The average Bonchev–Trinajstić information content (AvgIpc) is 3.29. The molecule has 25 heavy (non-hydrogen) atoms. The summed E-state index contributed by atoms with van der Waals surface area (Å²) in [6, 6.07) is 22.2. The van der Waals surface area contributed by atoms with Crippen molar-refractivity contribution in [2.45, 2.75) is 13.8 Å². The number of thiophene rings is 2. The van der Waals surface area contributed by atoms with Crippen LogP contribution in [0.15, 0.2) is 59.3 Å². The van der Waals surface area contributed by atoms with Crippen molar-refractivity contribution in [2.24, 2.45) is 0 Å². The molecule has 0 unspecified atom stereocenters. The van der Waals surface area contributed by atoms with Crippen molar-refractivity contribution in [3.8, 4) is 21.1 Å². The fourth-order valence-corrected chi connectivity index (χ4v) is 3.38. The van der Waals surface area contributed by atoms with E-state index in [1.807, 2.05) is 73.1 Å². The topological polar surface area (TPSA) is 25.8 Å². The van der Waals surface area contributed by atoms with Gasteiger partial charge < -0.3 is 9.97 Å². The van der Waals surface area contributed by atoms with E-state index in [0.717, 1.165) is 32.5 Å². The van der Waals surface area contributed by atoms with Crippen LogP contribution in [-0.4, -0.2) is 9.97 Å². The first-order valence-electron chi connectivity index (χ1n) is 7.51. The molecule has 0 fully saturated rings. The van der Waals surface area contributed by atoms with Crippen LogP contribution in [0, 0.1) is 26.0 Å². The first-order chi connectivity index (χ1) is 11.7. The Bertz CT molecular complexity index is 812. The molecule has 4 aromatic rings. The molecular formula is C20H16N2PtS2. The Labute approximate surface area is 170 Å². The van der Waals surface area contributed by atoms with Crippen LogP contribution >= 0.6 is 22.7 Å². The summed E-state index contributed by atoms with van der Waals surface area (Å²) in [7, 11) is 0. The van der Waals surface area contributed by atoms with Crippen molar-refractivity contribution in [3.63, 3.8) is 0 Å². The zero-order chi connectivity index (χ0) is 16.8. The van der Waals surface area contributed by atoms with Gasteiger partial charge in [-0.15, -0.1) is 10.8 Å². The summed E-state index contributed by atoms with van der Waals surface area (Å²) in [4.78, 5) is 11.0. The van der Waals surface area contributed by atoms with Gasteiger partial charge in [0.1, 0.15) is 0 Å². The Balaban J connectivity index is 0.000000173. The first kappa shape index (κ1) is 19.7. The number of pyridine rings is 2. The van der Waals surface area contributed by atoms with Gasteiger partial charge in [0.25, 0.3) is 0 Å². The van der Waals surface area contributed by atoms with Gasteiger partial charge in [-0.1, -0.05) is 34.0 Å². The van der Waals surface area contributed by atoms with E-state index in [2.05, 4.69) is 22.1 Å². The number of hydrogen-bond acceptors (Lipinski definition) is 4. The molecule has 0 aliphatic heterocycles. The van der Waals surface area contributed by atoms with Crippen molar-refractivity contribution in [3.05, 3.63) is 82.8 Å². The van der Waals surface area contributed by atoms with Crippen LogP contribution in [0.4, 0.5) is 0 Å². The predicted molar refractivity (Wildman–Crippen MR) is 102 cm³/mol. The van der Waals surface area contributed by atoms with Crippen molar-refractivity contribution >= 4 is 22.7 Å². The van der Waals surface area contributed by atoms with E-state index >= 15 is 0 Å². The molecule has 0 bridgehead atoms. The van der Waals surface area contributed by atoms with Gasteiger partial charge in [-0.05, 0) is 37.4 Å². The summed E-state index contributed by atoms with van der Waals surface area (Å²) in [5.74, 6) is 0. The van der Waals surface area contributed by atoms with Crippen molar-refractivity contribution in [1.29, 1.82) is 0 Å². The van der Waals surface area contributed by atoms with E-state index < -0.39 is 0 Å². The maximum absolute atomic E-state index is 4.39. The third-order valence-corrected chi connectivity index (χ3v) is 4.85. The Kier molecular flexibility index (Phi) is 7.70. The summed E-state index contributed by atoms with van der Waals surface area (Å²) in [5, 5.41) is 4.03. The normalized spacial score (nSPS) is 9.68. The molecule has 0 aliphatic carbocycles. The smallest absolute Gasteiger partial charge is 0.316 e. The number of aromatic nitrogens is 2. The minimum Gasteiger partial charge on any atom is -0.316 e. The van der Waals surface area contributed by atoms with Crippen LogP contribution in [0.3, 0.4) is 0 Å². The molecule has 5 heteroatoms. The molecule has 128 valence electrons. The molecule has 0 aromatic carbocycles. The van der Waals surface area contributed by atoms with Gasteiger partial charge in [-0.25, -0.2) is 22.7 Å². The van der Waals surface area contributed by atoms with Crippen molar-refractivity contribution in [1.82, 2.24) is 9.97 Å². The molecule has 0 atom stereocenters. The molecule has 0 amide bonds. The second-order valence-corrected chi connectivity index (χ2v) is 6.95. The Hall–Kier alpha value is -1.61. The molecule has 0 N–H and O–H groups in total. The first-order valence-corrected chi connectivity index (χ1v) is 9.27. The minimum atomic E-state index is 0. The fourth-order valence-electron chi connectivity index (χ4n) is 2.10. The van der Waals surface area contributed by atoms with Gasteiger partial charge in [0.2, 0.25) is 0 Å². The Morgan fingerprint density at radius 3 is 1.48 bits per heavy atom. The van der Waals surface area contributed by atoms with E-state index in [0.29, 0.717) is 0 Å². The van der Waals surface area contributed by atoms with Gasteiger partial charge >= 0.3 is 21.1 Å². The van der Waals surface area contributed by atoms with Crippen molar-refractivity contribution < 1.29 is 21.1 Å². The zero-order valence-corrected chi connectivity index (χ0v) is 17.7. The number of aryl methyl sites for hydroxylation is 2. The molecule has 0 saturated carbocycles. The van der Waals surface area contributed by atoms with Crippen LogP contribution in [0.5, 0.6) is 0 Å². The van der Waals surface area contributed by atoms with Gasteiger partial charge in [0, 0.05) is 11.4 Å². The number of nitrogens with zero attached hydrogens (tertiary/aromatic N) is 2. The second kappa shape index (κ2) is 9.76. The van der Waals surface area contributed by atoms with E-state index in [1.165, 1.54) is 0 Å². The fraction of sp³-hybridized carbons (Fsp3) is 0.100. The molecule has 0 spiro atoms. The van der Waals surface area contributed by atoms with E-state index in [-0.39, 0.29) is 21.1 Å². The predicted octanol–water partition coefficient (Wildman–Crippen LogP) is 5.83. The maximum Gasteiger partial charge on any atom is 2.00 e. The zero-order valence-electron chi connectivity index (χ0n) is 13.8. The molecule has 0 aliphatic rings. The monoisotopic (exact) mass is 543 g/mol. The average molecular weight is 544 g/mol. The second-order valence-electron chi connectivity index (χ2n) is 5.12. The van der Waals surface area contributed by atoms with Gasteiger partial charge in [-0.3, -0.25) is 0 Å². The SMILES string of the molecule is Cc1cccc(-c2[c-]ccs2)n1.Cc1cccc(-c2[c-]ccs2)n1.[Pt+2]. The minimum absolute atomic E-state index is 0. The van der Waals surface area contributed by atoms with Gasteiger partial charge in [-0.2, -0.15) is 24.3 Å². The molecule has 4 aromatic heterocycles. The summed E-state index contributed by atoms with van der Waals surface area (Å²) in [6.45, 7) is 3.99. The summed E-state index contributed by atoms with van der Waals surface area (Å²) >= 11 is 3.33. The Morgan fingerprint density at radius 2 is 1.16 bits per heavy atom. The van der Waals surface area contributed by atoms with E-state index in [9.17, 15) is 0 Å². The van der Waals surface area contributed by atoms with Crippen LogP contribution in [0.25, 0.3) is 21.1 Å². The summed E-state index contributed by atoms with van der Waals surface area (Å²) < 4.78 is 0. The van der Waals surface area contributed by atoms with Crippen molar-refractivity contribution in [2.75, 3.05) is 0 Å². The van der Waals surface area contributed by atoms with Gasteiger partial charge in [0.15, 0.2) is 0 Å². The standard InChI is InChI=1S/2C10H8NS.Pt/c2*1-8-4-2-5-9(11-8)10-6-3-7-12-10;/h2*2-5,7H,1H3;/q2*-1;+2. The molecule has 0 saturated heterocycles.